The van der Waals surface area contributed by atoms with Gasteiger partial charge in [-0.05, 0) is 18.9 Å². The second-order valence-corrected chi connectivity index (χ2v) is 2.87. The number of aryl methyl sites for hydroxylation is 1. The van der Waals surface area contributed by atoms with Crippen LogP contribution in [0.3, 0.4) is 0 Å². The highest BCUT2D eigenvalue weighted by Gasteiger charge is 2.03. The first-order valence-corrected chi connectivity index (χ1v) is 4.68. The van der Waals surface area contributed by atoms with Gasteiger partial charge in [0.05, 0.1) is 6.61 Å². The van der Waals surface area contributed by atoms with E-state index in [4.69, 9.17) is 4.74 Å². The van der Waals surface area contributed by atoms with Crippen LogP contribution in [0.4, 0.5) is 0 Å². The summed E-state index contributed by atoms with van der Waals surface area (Å²) in [6.45, 7) is 2.15. The molecule has 1 heterocycles. The zero-order chi connectivity index (χ0) is 11.1. The van der Waals surface area contributed by atoms with Crippen molar-refractivity contribution in [3.05, 3.63) is 23.8 Å². The van der Waals surface area contributed by atoms with Crippen molar-refractivity contribution < 1.29 is 14.3 Å². The predicted molar refractivity (Wildman–Crippen MR) is 52.4 cm³/mol. The molecule has 0 aromatic carbocycles. The van der Waals surface area contributed by atoms with Crippen molar-refractivity contribution in [1.29, 1.82) is 0 Å². The molecule has 0 unspecified atom stereocenters. The predicted octanol–water partition coefficient (Wildman–Crippen LogP) is 0.785. The third-order valence-corrected chi connectivity index (χ3v) is 1.75. The Balaban J connectivity index is 2.44. The van der Waals surface area contributed by atoms with Crippen LogP contribution in [0.25, 0.3) is 0 Å². The molecule has 0 spiro atoms. The third-order valence-electron chi connectivity index (χ3n) is 1.75. The Labute approximate surface area is 87.5 Å². The Morgan fingerprint density at radius 1 is 1.47 bits per heavy atom. The standard InChI is InChI=1S/C10H12N2O3/c1-2-15-10(14)4-3-8-5-11-9(7-13)12-6-8/h5-7H,2-4H2,1H3. The molecule has 1 aromatic rings. The van der Waals surface area contributed by atoms with Gasteiger partial charge in [0.25, 0.3) is 0 Å². The Kier molecular flexibility index (Phi) is 4.40. The van der Waals surface area contributed by atoms with Crippen LogP contribution in [0, 0.1) is 0 Å². The van der Waals surface area contributed by atoms with E-state index in [9.17, 15) is 9.59 Å². The second-order valence-electron chi connectivity index (χ2n) is 2.87. The molecule has 1 rings (SSSR count). The Bertz CT molecular complexity index is 335. The van der Waals surface area contributed by atoms with Gasteiger partial charge in [-0.25, -0.2) is 9.97 Å². The average Bonchev–Trinajstić information content (AvgIpc) is 2.27. The van der Waals surface area contributed by atoms with Crippen molar-refractivity contribution in [3.63, 3.8) is 0 Å². The smallest absolute Gasteiger partial charge is 0.306 e. The third kappa shape index (κ3) is 3.84. The summed E-state index contributed by atoms with van der Waals surface area (Å²) in [5.74, 6) is -0.0909. The lowest BCUT2D eigenvalue weighted by Gasteiger charge is -2.01. The lowest BCUT2D eigenvalue weighted by molar-refractivity contribution is -0.143. The summed E-state index contributed by atoms with van der Waals surface area (Å²) >= 11 is 0. The highest BCUT2D eigenvalue weighted by atomic mass is 16.5. The molecule has 0 saturated carbocycles. The molecule has 0 fully saturated rings. The van der Waals surface area contributed by atoms with Gasteiger partial charge in [0.1, 0.15) is 0 Å². The molecule has 1 aromatic heterocycles. The van der Waals surface area contributed by atoms with Gasteiger partial charge in [-0.15, -0.1) is 0 Å². The molecule has 0 saturated heterocycles. The minimum atomic E-state index is -0.239. The molecule has 0 atom stereocenters. The van der Waals surface area contributed by atoms with Crippen LogP contribution in [0.1, 0.15) is 29.5 Å². The molecule has 15 heavy (non-hydrogen) atoms. The fraction of sp³-hybridized carbons (Fsp3) is 0.400. The lowest BCUT2D eigenvalue weighted by atomic mass is 10.2. The van der Waals surface area contributed by atoms with Crippen molar-refractivity contribution in [3.8, 4) is 0 Å². The zero-order valence-corrected chi connectivity index (χ0v) is 8.47. The van der Waals surface area contributed by atoms with E-state index >= 15 is 0 Å². The zero-order valence-electron chi connectivity index (χ0n) is 8.47. The molecule has 0 bridgehead atoms. The SMILES string of the molecule is CCOC(=O)CCc1cnc(C=O)nc1. The minimum Gasteiger partial charge on any atom is -0.466 e. The summed E-state index contributed by atoms with van der Waals surface area (Å²) in [4.78, 5) is 28.9. The van der Waals surface area contributed by atoms with E-state index in [1.165, 1.54) is 12.4 Å². The second kappa shape index (κ2) is 5.85. The van der Waals surface area contributed by atoms with Gasteiger partial charge in [0.15, 0.2) is 12.1 Å². The number of rotatable bonds is 5. The van der Waals surface area contributed by atoms with Crippen LogP contribution in [0.5, 0.6) is 0 Å². The summed E-state index contributed by atoms with van der Waals surface area (Å²) < 4.78 is 4.77. The van der Waals surface area contributed by atoms with Crippen molar-refractivity contribution in [2.45, 2.75) is 19.8 Å². The molecular formula is C10H12N2O3. The number of hydrogen-bond acceptors (Lipinski definition) is 5. The van der Waals surface area contributed by atoms with Crippen LogP contribution in [0.2, 0.25) is 0 Å². The van der Waals surface area contributed by atoms with Gasteiger partial charge in [0.2, 0.25) is 0 Å². The molecule has 0 aliphatic rings. The summed E-state index contributed by atoms with van der Waals surface area (Å²) in [5, 5.41) is 0. The van der Waals surface area contributed by atoms with Gasteiger partial charge >= 0.3 is 5.97 Å². The van der Waals surface area contributed by atoms with Gasteiger partial charge in [-0.3, -0.25) is 9.59 Å². The number of hydrogen-bond donors (Lipinski definition) is 0. The maximum absolute atomic E-state index is 11.0. The molecule has 80 valence electrons. The van der Waals surface area contributed by atoms with Gasteiger partial charge in [0, 0.05) is 18.8 Å². The van der Waals surface area contributed by atoms with Gasteiger partial charge in [-0.1, -0.05) is 0 Å². The maximum atomic E-state index is 11.0. The van der Waals surface area contributed by atoms with Crippen molar-refractivity contribution in [2.24, 2.45) is 0 Å². The van der Waals surface area contributed by atoms with Crippen molar-refractivity contribution in [1.82, 2.24) is 9.97 Å². The number of carbonyl (C=O) groups excluding carboxylic acids is 2. The van der Waals surface area contributed by atoms with E-state index in [1.54, 1.807) is 6.92 Å². The summed E-state index contributed by atoms with van der Waals surface area (Å²) in [7, 11) is 0. The lowest BCUT2D eigenvalue weighted by Crippen LogP contribution is -2.05. The van der Waals surface area contributed by atoms with E-state index in [1.807, 2.05) is 0 Å². The topological polar surface area (TPSA) is 69.2 Å². The van der Waals surface area contributed by atoms with E-state index in [2.05, 4.69) is 9.97 Å². The summed E-state index contributed by atoms with van der Waals surface area (Å²) in [5.41, 5.74) is 0.814. The quantitative estimate of drug-likeness (QED) is 0.528. The monoisotopic (exact) mass is 208 g/mol. The fourth-order valence-electron chi connectivity index (χ4n) is 1.03. The van der Waals surface area contributed by atoms with Crippen LogP contribution in [-0.2, 0) is 16.0 Å². The molecular weight excluding hydrogens is 196 g/mol. The van der Waals surface area contributed by atoms with Gasteiger partial charge < -0.3 is 4.74 Å². The summed E-state index contributed by atoms with van der Waals surface area (Å²) in [6.07, 6.45) is 4.48. The summed E-state index contributed by atoms with van der Waals surface area (Å²) in [6, 6.07) is 0. The fourth-order valence-corrected chi connectivity index (χ4v) is 1.03. The van der Waals surface area contributed by atoms with Crippen molar-refractivity contribution in [2.75, 3.05) is 6.61 Å². The number of carbonyl (C=O) groups is 2. The highest BCUT2D eigenvalue weighted by Crippen LogP contribution is 2.00. The largest absolute Gasteiger partial charge is 0.466 e. The number of aldehydes is 1. The van der Waals surface area contributed by atoms with E-state index in [0.717, 1.165) is 5.56 Å². The first-order chi connectivity index (χ1) is 7.26. The normalized spacial score (nSPS) is 9.67. The van der Waals surface area contributed by atoms with Crippen LogP contribution < -0.4 is 0 Å². The number of esters is 1. The van der Waals surface area contributed by atoms with Crippen LogP contribution >= 0.6 is 0 Å². The van der Waals surface area contributed by atoms with E-state index in [-0.39, 0.29) is 11.8 Å². The van der Waals surface area contributed by atoms with Crippen molar-refractivity contribution >= 4 is 12.3 Å². The molecule has 5 nitrogen and oxygen atoms in total. The average molecular weight is 208 g/mol. The highest BCUT2D eigenvalue weighted by molar-refractivity contribution is 5.70. The Hall–Kier alpha value is -1.78. The molecule has 0 aliphatic heterocycles. The number of nitrogens with zero attached hydrogens (tertiary/aromatic N) is 2. The molecule has 0 aliphatic carbocycles. The molecule has 0 N–H and O–H groups in total. The molecule has 0 amide bonds. The Morgan fingerprint density at radius 2 is 2.13 bits per heavy atom. The van der Waals surface area contributed by atoms with Crippen LogP contribution in [-0.4, -0.2) is 28.8 Å². The Morgan fingerprint density at radius 3 is 2.67 bits per heavy atom. The van der Waals surface area contributed by atoms with E-state index in [0.29, 0.717) is 25.7 Å². The van der Waals surface area contributed by atoms with E-state index < -0.39 is 0 Å². The first kappa shape index (κ1) is 11.3. The first-order valence-electron chi connectivity index (χ1n) is 4.68. The minimum absolute atomic E-state index is 0.148. The maximum Gasteiger partial charge on any atom is 0.306 e. The number of ether oxygens (including phenoxy) is 1. The van der Waals surface area contributed by atoms with Crippen LogP contribution in [0.15, 0.2) is 12.4 Å². The molecule has 0 radical (unpaired) electrons. The van der Waals surface area contributed by atoms with Gasteiger partial charge in [-0.2, -0.15) is 0 Å². The number of aromatic nitrogens is 2. The molecule has 5 heteroatoms.